The fourth-order valence-corrected chi connectivity index (χ4v) is 1.52. The van der Waals surface area contributed by atoms with Crippen molar-refractivity contribution in [2.75, 3.05) is 11.4 Å². The molecule has 0 amide bonds. The first-order valence-corrected chi connectivity index (χ1v) is 5.29. The van der Waals surface area contributed by atoms with Crippen LogP contribution in [0.25, 0.3) is 0 Å². The van der Waals surface area contributed by atoms with E-state index in [9.17, 15) is 0 Å². The molecular formula is C11H14ClN3. The van der Waals surface area contributed by atoms with E-state index in [1.807, 2.05) is 12.1 Å². The number of hydrogen-bond acceptors (Lipinski definition) is 3. The molecule has 3 nitrogen and oxygen atoms in total. The second-order valence-electron chi connectivity index (χ2n) is 3.51. The average Bonchev–Trinajstić information content (AvgIpc) is 2.18. The van der Waals surface area contributed by atoms with Gasteiger partial charge in [-0.15, -0.1) is 0 Å². The van der Waals surface area contributed by atoms with Gasteiger partial charge < -0.3 is 4.90 Å². The molecule has 0 fully saturated rings. The largest absolute Gasteiger partial charge is 0.353 e. The van der Waals surface area contributed by atoms with Crippen molar-refractivity contribution in [3.8, 4) is 6.07 Å². The van der Waals surface area contributed by atoms with Gasteiger partial charge in [0.05, 0.1) is 12.5 Å². The SMILES string of the molecule is CC(C)N(CCC#N)c1cccc(Cl)n1. The highest BCUT2D eigenvalue weighted by molar-refractivity contribution is 6.29. The zero-order chi connectivity index (χ0) is 11.3. The van der Waals surface area contributed by atoms with E-state index < -0.39 is 0 Å². The lowest BCUT2D eigenvalue weighted by Crippen LogP contribution is -2.32. The van der Waals surface area contributed by atoms with E-state index in [1.54, 1.807) is 6.07 Å². The average molecular weight is 224 g/mol. The van der Waals surface area contributed by atoms with E-state index in [1.165, 1.54) is 0 Å². The van der Waals surface area contributed by atoms with Crippen LogP contribution in [0.15, 0.2) is 18.2 Å². The molecule has 0 aliphatic rings. The number of nitriles is 1. The maximum absolute atomic E-state index is 8.58. The summed E-state index contributed by atoms with van der Waals surface area (Å²) in [6, 6.07) is 7.96. The van der Waals surface area contributed by atoms with Gasteiger partial charge in [-0.25, -0.2) is 4.98 Å². The molecule has 1 rings (SSSR count). The van der Waals surface area contributed by atoms with Crippen LogP contribution in [0.3, 0.4) is 0 Å². The smallest absolute Gasteiger partial charge is 0.131 e. The van der Waals surface area contributed by atoms with Crippen LogP contribution in [-0.4, -0.2) is 17.6 Å². The number of nitrogens with zero attached hydrogens (tertiary/aromatic N) is 3. The third-order valence-electron chi connectivity index (χ3n) is 2.08. The first-order valence-electron chi connectivity index (χ1n) is 4.91. The number of anilines is 1. The van der Waals surface area contributed by atoms with Crippen LogP contribution < -0.4 is 4.90 Å². The first kappa shape index (κ1) is 11.8. The fourth-order valence-electron chi connectivity index (χ4n) is 1.37. The molecule has 0 radical (unpaired) electrons. The lowest BCUT2D eigenvalue weighted by atomic mass is 10.3. The zero-order valence-corrected chi connectivity index (χ0v) is 9.70. The van der Waals surface area contributed by atoms with Crippen molar-refractivity contribution in [3.63, 3.8) is 0 Å². The lowest BCUT2D eigenvalue weighted by molar-refractivity contribution is 0.677. The predicted octanol–water partition coefficient (Wildman–Crippen LogP) is 2.86. The van der Waals surface area contributed by atoms with E-state index in [4.69, 9.17) is 16.9 Å². The summed E-state index contributed by atoms with van der Waals surface area (Å²) in [6.45, 7) is 4.82. The van der Waals surface area contributed by atoms with Gasteiger partial charge in [0, 0.05) is 12.6 Å². The quantitative estimate of drug-likeness (QED) is 0.737. The van der Waals surface area contributed by atoms with E-state index in [0.29, 0.717) is 24.2 Å². The highest BCUT2D eigenvalue weighted by Gasteiger charge is 2.11. The van der Waals surface area contributed by atoms with Crippen molar-refractivity contribution in [1.29, 1.82) is 5.26 Å². The van der Waals surface area contributed by atoms with Crippen molar-refractivity contribution in [3.05, 3.63) is 23.4 Å². The fraction of sp³-hybridized carbons (Fsp3) is 0.455. The molecule has 0 saturated carbocycles. The third kappa shape index (κ3) is 3.41. The minimum atomic E-state index is 0.310. The van der Waals surface area contributed by atoms with Gasteiger partial charge in [-0.1, -0.05) is 17.7 Å². The molecule has 4 heteroatoms. The summed E-state index contributed by atoms with van der Waals surface area (Å²) in [7, 11) is 0. The highest BCUT2D eigenvalue weighted by Crippen LogP contribution is 2.17. The molecule has 1 aromatic heterocycles. The molecule has 0 unspecified atom stereocenters. The van der Waals surface area contributed by atoms with E-state index in [0.717, 1.165) is 5.82 Å². The number of pyridine rings is 1. The Balaban J connectivity index is 2.84. The topological polar surface area (TPSA) is 39.9 Å². The van der Waals surface area contributed by atoms with Gasteiger partial charge >= 0.3 is 0 Å². The summed E-state index contributed by atoms with van der Waals surface area (Å²) >= 11 is 5.82. The Bertz CT molecular complexity index is 357. The van der Waals surface area contributed by atoms with E-state index in [-0.39, 0.29) is 0 Å². The second-order valence-corrected chi connectivity index (χ2v) is 3.90. The zero-order valence-electron chi connectivity index (χ0n) is 8.94. The van der Waals surface area contributed by atoms with Crippen LogP contribution in [0.5, 0.6) is 0 Å². The Morgan fingerprint density at radius 2 is 2.27 bits per heavy atom. The first-order chi connectivity index (χ1) is 7.15. The van der Waals surface area contributed by atoms with Crippen LogP contribution >= 0.6 is 11.6 Å². The molecule has 15 heavy (non-hydrogen) atoms. The maximum Gasteiger partial charge on any atom is 0.131 e. The van der Waals surface area contributed by atoms with Crippen LogP contribution in [0.1, 0.15) is 20.3 Å². The Hall–Kier alpha value is -1.27. The molecule has 0 atom stereocenters. The van der Waals surface area contributed by atoms with Crippen LogP contribution in [0.2, 0.25) is 5.15 Å². The molecule has 0 N–H and O–H groups in total. The number of aromatic nitrogens is 1. The normalized spacial score (nSPS) is 10.1. The van der Waals surface area contributed by atoms with Crippen LogP contribution in [-0.2, 0) is 0 Å². The van der Waals surface area contributed by atoms with Crippen molar-refractivity contribution in [2.24, 2.45) is 0 Å². The Morgan fingerprint density at radius 3 is 2.80 bits per heavy atom. The Morgan fingerprint density at radius 1 is 1.53 bits per heavy atom. The molecule has 0 aromatic carbocycles. The summed E-state index contributed by atoms with van der Waals surface area (Å²) in [6.07, 6.45) is 0.492. The summed E-state index contributed by atoms with van der Waals surface area (Å²) in [5.74, 6) is 0.827. The molecule has 0 spiro atoms. The molecular weight excluding hydrogens is 210 g/mol. The van der Waals surface area contributed by atoms with E-state index in [2.05, 4.69) is 29.8 Å². The molecule has 1 heterocycles. The molecule has 0 aliphatic carbocycles. The Labute approximate surface area is 95.3 Å². The van der Waals surface area contributed by atoms with Crippen LogP contribution in [0.4, 0.5) is 5.82 Å². The van der Waals surface area contributed by atoms with Gasteiger partial charge in [-0.2, -0.15) is 5.26 Å². The van der Waals surface area contributed by atoms with Gasteiger partial charge in [0.15, 0.2) is 0 Å². The summed E-state index contributed by atoms with van der Waals surface area (Å²) in [4.78, 5) is 6.29. The summed E-state index contributed by atoms with van der Waals surface area (Å²) < 4.78 is 0. The lowest BCUT2D eigenvalue weighted by Gasteiger charge is -2.26. The molecule has 0 saturated heterocycles. The monoisotopic (exact) mass is 223 g/mol. The van der Waals surface area contributed by atoms with Crippen molar-refractivity contribution in [2.45, 2.75) is 26.3 Å². The molecule has 80 valence electrons. The number of rotatable bonds is 4. The minimum absolute atomic E-state index is 0.310. The maximum atomic E-state index is 8.58. The van der Waals surface area contributed by atoms with Gasteiger partial charge in [0.2, 0.25) is 0 Å². The van der Waals surface area contributed by atoms with Crippen molar-refractivity contribution < 1.29 is 0 Å². The van der Waals surface area contributed by atoms with Crippen molar-refractivity contribution >= 4 is 17.4 Å². The van der Waals surface area contributed by atoms with Gasteiger partial charge in [0.1, 0.15) is 11.0 Å². The van der Waals surface area contributed by atoms with Gasteiger partial charge in [-0.05, 0) is 26.0 Å². The number of halogens is 1. The third-order valence-corrected chi connectivity index (χ3v) is 2.29. The predicted molar refractivity (Wildman–Crippen MR) is 62.0 cm³/mol. The summed E-state index contributed by atoms with van der Waals surface area (Å²) in [5, 5.41) is 9.06. The summed E-state index contributed by atoms with van der Waals surface area (Å²) in [5.41, 5.74) is 0. The molecule has 0 bridgehead atoms. The highest BCUT2D eigenvalue weighted by atomic mass is 35.5. The van der Waals surface area contributed by atoms with Crippen molar-refractivity contribution in [1.82, 2.24) is 4.98 Å². The molecule has 0 aliphatic heterocycles. The Kier molecular flexibility index (Phi) is 4.38. The number of hydrogen-bond donors (Lipinski definition) is 0. The minimum Gasteiger partial charge on any atom is -0.353 e. The van der Waals surface area contributed by atoms with Gasteiger partial charge in [0.25, 0.3) is 0 Å². The second kappa shape index (κ2) is 5.57. The van der Waals surface area contributed by atoms with Crippen LogP contribution in [0, 0.1) is 11.3 Å². The standard InChI is InChI=1S/C11H14ClN3/c1-9(2)15(8-4-7-13)11-6-3-5-10(12)14-11/h3,5-6,9H,4,8H2,1-2H3. The van der Waals surface area contributed by atoms with E-state index >= 15 is 0 Å². The molecule has 1 aromatic rings. The van der Waals surface area contributed by atoms with Gasteiger partial charge in [-0.3, -0.25) is 0 Å².